The molecule has 2 heteroatoms. The quantitative estimate of drug-likeness (QED) is 0.730. The second-order valence-corrected chi connectivity index (χ2v) is 5.70. The zero-order chi connectivity index (χ0) is 10.6. The maximum absolute atomic E-state index is 9.02. The fourth-order valence-electron chi connectivity index (χ4n) is 2.07. The van der Waals surface area contributed by atoms with Crippen LogP contribution in [-0.2, 0) is 0 Å². The highest BCUT2D eigenvalue weighted by atomic mass is 16.3. The van der Waals surface area contributed by atoms with Gasteiger partial charge in [-0.2, -0.15) is 0 Å². The Morgan fingerprint density at radius 1 is 1.07 bits per heavy atom. The third-order valence-electron chi connectivity index (χ3n) is 3.15. The van der Waals surface area contributed by atoms with E-state index in [1.54, 1.807) is 0 Å². The van der Waals surface area contributed by atoms with Gasteiger partial charge in [0.25, 0.3) is 0 Å². The van der Waals surface area contributed by atoms with Gasteiger partial charge >= 0.3 is 0 Å². The Bertz CT molecular complexity index is 154. The lowest BCUT2D eigenvalue weighted by molar-refractivity contribution is 0.163. The van der Waals surface area contributed by atoms with E-state index in [4.69, 9.17) is 5.11 Å². The van der Waals surface area contributed by atoms with Gasteiger partial charge in [0.15, 0.2) is 0 Å². The van der Waals surface area contributed by atoms with E-state index in [1.165, 1.54) is 25.7 Å². The number of nitrogens with one attached hydrogen (secondary N) is 1. The maximum Gasteiger partial charge on any atom is 0.0459 e. The van der Waals surface area contributed by atoms with Crippen molar-refractivity contribution in [1.82, 2.24) is 5.32 Å². The van der Waals surface area contributed by atoms with Gasteiger partial charge < -0.3 is 10.4 Å². The summed E-state index contributed by atoms with van der Waals surface area (Å²) in [5, 5.41) is 12.6. The molecule has 1 rings (SSSR count). The first-order chi connectivity index (χ1) is 6.51. The van der Waals surface area contributed by atoms with E-state index in [1.807, 2.05) is 0 Å². The zero-order valence-electron chi connectivity index (χ0n) is 9.84. The van der Waals surface area contributed by atoms with E-state index < -0.39 is 0 Å². The highest BCUT2D eigenvalue weighted by Gasteiger charge is 2.21. The van der Waals surface area contributed by atoms with Crippen LogP contribution >= 0.6 is 0 Å². The second kappa shape index (κ2) is 5.13. The Kier molecular flexibility index (Phi) is 4.39. The van der Waals surface area contributed by atoms with Gasteiger partial charge in [0, 0.05) is 12.1 Å². The molecule has 0 unspecified atom stereocenters. The summed E-state index contributed by atoms with van der Waals surface area (Å²) in [7, 11) is 0. The molecule has 0 amide bonds. The molecule has 1 saturated carbocycles. The van der Waals surface area contributed by atoms with Crippen LogP contribution in [0.2, 0.25) is 0 Å². The predicted molar refractivity (Wildman–Crippen MR) is 60.3 cm³/mol. The monoisotopic (exact) mass is 199 g/mol. The van der Waals surface area contributed by atoms with Crippen LogP contribution in [0.4, 0.5) is 0 Å². The molecule has 0 atom stereocenters. The van der Waals surface area contributed by atoms with Gasteiger partial charge in [-0.25, -0.2) is 0 Å². The Morgan fingerprint density at radius 2 is 1.57 bits per heavy atom. The molecule has 1 aliphatic carbocycles. The van der Waals surface area contributed by atoms with Crippen LogP contribution in [0.3, 0.4) is 0 Å². The van der Waals surface area contributed by atoms with E-state index >= 15 is 0 Å². The van der Waals surface area contributed by atoms with Crippen LogP contribution < -0.4 is 5.32 Å². The largest absolute Gasteiger partial charge is 0.396 e. The highest BCUT2D eigenvalue weighted by Crippen LogP contribution is 2.28. The summed E-state index contributed by atoms with van der Waals surface area (Å²) in [6, 6.07) is 0. The predicted octanol–water partition coefficient (Wildman–Crippen LogP) is 2.17. The Hall–Kier alpha value is -0.0800. The molecule has 0 bridgehead atoms. The van der Waals surface area contributed by atoms with E-state index in [0.29, 0.717) is 12.5 Å². The zero-order valence-corrected chi connectivity index (χ0v) is 9.84. The average molecular weight is 199 g/mol. The minimum Gasteiger partial charge on any atom is -0.396 e. The third-order valence-corrected chi connectivity index (χ3v) is 3.15. The molecule has 0 aromatic heterocycles. The van der Waals surface area contributed by atoms with Crippen molar-refractivity contribution in [2.24, 2.45) is 11.8 Å². The number of aliphatic hydroxyl groups excluding tert-OH is 1. The Balaban J connectivity index is 2.16. The molecule has 0 aliphatic heterocycles. The van der Waals surface area contributed by atoms with Crippen molar-refractivity contribution >= 4 is 0 Å². The van der Waals surface area contributed by atoms with Crippen molar-refractivity contribution in [2.45, 2.75) is 52.0 Å². The number of rotatable bonds is 3. The SMILES string of the molecule is CC(C)(C)NC[C@H]1CC[C@H](CO)CC1. The molecule has 2 N–H and O–H groups in total. The van der Waals surface area contributed by atoms with Gasteiger partial charge in [-0.05, 0) is 64.8 Å². The van der Waals surface area contributed by atoms with Crippen molar-refractivity contribution in [2.75, 3.05) is 13.2 Å². The van der Waals surface area contributed by atoms with Crippen LogP contribution in [0.15, 0.2) is 0 Å². The van der Waals surface area contributed by atoms with Crippen LogP contribution in [0.25, 0.3) is 0 Å². The maximum atomic E-state index is 9.02. The van der Waals surface area contributed by atoms with Gasteiger partial charge in [-0.1, -0.05) is 0 Å². The van der Waals surface area contributed by atoms with Crippen LogP contribution in [0.1, 0.15) is 46.5 Å². The van der Waals surface area contributed by atoms with Crippen LogP contribution in [-0.4, -0.2) is 23.8 Å². The minimum absolute atomic E-state index is 0.244. The first kappa shape index (κ1) is 12.0. The third kappa shape index (κ3) is 4.43. The lowest BCUT2D eigenvalue weighted by atomic mass is 9.82. The molecule has 0 saturated heterocycles. The molecule has 0 aromatic rings. The Labute approximate surface area is 88.1 Å². The highest BCUT2D eigenvalue weighted by molar-refractivity contribution is 4.77. The summed E-state index contributed by atoms with van der Waals surface area (Å²) >= 11 is 0. The summed E-state index contributed by atoms with van der Waals surface area (Å²) in [6.07, 6.45) is 5.00. The number of hydrogen-bond acceptors (Lipinski definition) is 2. The Morgan fingerprint density at radius 3 is 2.00 bits per heavy atom. The van der Waals surface area contributed by atoms with E-state index in [-0.39, 0.29) is 5.54 Å². The molecule has 0 heterocycles. The van der Waals surface area contributed by atoms with Crippen molar-refractivity contribution in [3.05, 3.63) is 0 Å². The van der Waals surface area contributed by atoms with Gasteiger partial charge in [0.05, 0.1) is 0 Å². The van der Waals surface area contributed by atoms with Crippen molar-refractivity contribution in [3.63, 3.8) is 0 Å². The van der Waals surface area contributed by atoms with E-state index in [0.717, 1.165) is 12.5 Å². The fourth-order valence-corrected chi connectivity index (χ4v) is 2.07. The summed E-state index contributed by atoms with van der Waals surface area (Å²) < 4.78 is 0. The number of hydrogen-bond donors (Lipinski definition) is 2. The van der Waals surface area contributed by atoms with Crippen molar-refractivity contribution in [3.8, 4) is 0 Å². The lowest BCUT2D eigenvalue weighted by Gasteiger charge is -2.30. The van der Waals surface area contributed by atoms with Gasteiger partial charge in [0.2, 0.25) is 0 Å². The second-order valence-electron chi connectivity index (χ2n) is 5.70. The molecule has 14 heavy (non-hydrogen) atoms. The summed E-state index contributed by atoms with van der Waals surface area (Å²) in [6.45, 7) is 8.17. The van der Waals surface area contributed by atoms with Gasteiger partial charge in [-0.15, -0.1) is 0 Å². The smallest absolute Gasteiger partial charge is 0.0459 e. The van der Waals surface area contributed by atoms with E-state index in [9.17, 15) is 0 Å². The van der Waals surface area contributed by atoms with Crippen LogP contribution in [0, 0.1) is 11.8 Å². The molecule has 2 nitrogen and oxygen atoms in total. The molecule has 0 aromatic carbocycles. The topological polar surface area (TPSA) is 32.3 Å². The fraction of sp³-hybridized carbons (Fsp3) is 1.00. The summed E-state index contributed by atoms with van der Waals surface area (Å²) in [5.41, 5.74) is 0.244. The van der Waals surface area contributed by atoms with Crippen molar-refractivity contribution in [1.29, 1.82) is 0 Å². The first-order valence-corrected chi connectivity index (χ1v) is 5.87. The molecule has 84 valence electrons. The minimum atomic E-state index is 0.244. The molecule has 1 aliphatic rings. The lowest BCUT2D eigenvalue weighted by Crippen LogP contribution is -2.40. The van der Waals surface area contributed by atoms with Gasteiger partial charge in [-0.3, -0.25) is 0 Å². The summed E-state index contributed by atoms with van der Waals surface area (Å²) in [4.78, 5) is 0. The van der Waals surface area contributed by atoms with Gasteiger partial charge in [0.1, 0.15) is 0 Å². The van der Waals surface area contributed by atoms with E-state index in [2.05, 4.69) is 26.1 Å². The first-order valence-electron chi connectivity index (χ1n) is 5.87. The summed E-state index contributed by atoms with van der Waals surface area (Å²) in [5.74, 6) is 1.41. The van der Waals surface area contributed by atoms with Crippen LogP contribution in [0.5, 0.6) is 0 Å². The normalized spacial score (nSPS) is 29.1. The molecule has 1 fully saturated rings. The average Bonchev–Trinajstić information content (AvgIpc) is 2.14. The number of aliphatic hydroxyl groups is 1. The van der Waals surface area contributed by atoms with Crippen molar-refractivity contribution < 1.29 is 5.11 Å². The molecular formula is C12H25NO. The standard InChI is InChI=1S/C12H25NO/c1-12(2,3)13-8-10-4-6-11(9-14)7-5-10/h10-11,13-14H,4-9H2,1-3H3/t10-,11-. The molecule has 0 spiro atoms. The molecule has 0 radical (unpaired) electrons. The molecular weight excluding hydrogens is 174 g/mol.